The molecule has 0 bridgehead atoms. The van der Waals surface area contributed by atoms with E-state index in [1.165, 1.54) is 6.07 Å². The van der Waals surface area contributed by atoms with Gasteiger partial charge in [-0.1, -0.05) is 6.07 Å². The average Bonchev–Trinajstić information content (AvgIpc) is 2.72. The summed E-state index contributed by atoms with van der Waals surface area (Å²) in [7, 11) is 0. The number of ether oxygens (including phenoxy) is 2. The van der Waals surface area contributed by atoms with Crippen molar-refractivity contribution < 1.29 is 29.3 Å². The van der Waals surface area contributed by atoms with E-state index in [-0.39, 0.29) is 48.6 Å². The van der Waals surface area contributed by atoms with E-state index in [1.54, 1.807) is 42.3 Å². The summed E-state index contributed by atoms with van der Waals surface area (Å²) < 4.78 is 11.3. The lowest BCUT2D eigenvalue weighted by molar-refractivity contribution is -0.0152. The van der Waals surface area contributed by atoms with Gasteiger partial charge >= 0.3 is 0 Å². The van der Waals surface area contributed by atoms with Crippen LogP contribution in [-0.4, -0.2) is 70.8 Å². The van der Waals surface area contributed by atoms with Gasteiger partial charge in [0.1, 0.15) is 18.1 Å². The molecule has 1 amide bonds. The molecular weight excluding hydrogens is 376 g/mol. The number of nitrogens with zero attached hydrogens (tertiary/aromatic N) is 2. The van der Waals surface area contributed by atoms with Gasteiger partial charge < -0.3 is 24.6 Å². The van der Waals surface area contributed by atoms with Crippen LogP contribution in [0.25, 0.3) is 0 Å². The third-order valence-corrected chi connectivity index (χ3v) is 4.69. The van der Waals surface area contributed by atoms with E-state index in [4.69, 9.17) is 9.47 Å². The molecule has 1 aromatic heterocycles. The second kappa shape index (κ2) is 9.49. The van der Waals surface area contributed by atoms with Crippen molar-refractivity contribution in [1.29, 1.82) is 0 Å². The number of aromatic nitrogens is 1. The van der Waals surface area contributed by atoms with Crippen LogP contribution in [0.2, 0.25) is 0 Å². The molecule has 3 rings (SSSR count). The smallest absolute Gasteiger partial charge is 0.256 e. The fourth-order valence-electron chi connectivity index (χ4n) is 3.25. The minimum atomic E-state index is -0.618. The van der Waals surface area contributed by atoms with Crippen molar-refractivity contribution in [3.63, 3.8) is 0 Å². The van der Waals surface area contributed by atoms with Crippen LogP contribution in [0.1, 0.15) is 33.3 Å². The van der Waals surface area contributed by atoms with Gasteiger partial charge in [-0.2, -0.15) is 0 Å². The standard InChI is InChI=1S/C21H24N2O6/c1-14(25)10-18-16(4-3-7-22-18)21(27)23-8-9-28-12-15(23)13-29-20-6-2-5-19(26)17(20)11-24/h2-7,11,14-15,25-26H,8-10,12-13H2,1H3/t14?,15-/m0/s1. The quantitative estimate of drug-likeness (QED) is 0.677. The number of aliphatic hydroxyl groups excluding tert-OH is 1. The Hall–Kier alpha value is -2.97. The minimum Gasteiger partial charge on any atom is -0.507 e. The van der Waals surface area contributed by atoms with Crippen molar-refractivity contribution >= 4 is 12.2 Å². The van der Waals surface area contributed by atoms with Crippen LogP contribution in [0.15, 0.2) is 36.5 Å². The lowest BCUT2D eigenvalue weighted by atomic mass is 10.1. The molecule has 1 aliphatic heterocycles. The predicted molar refractivity (Wildman–Crippen MR) is 104 cm³/mol. The van der Waals surface area contributed by atoms with Crippen LogP contribution in [0.5, 0.6) is 11.5 Å². The molecule has 154 valence electrons. The largest absolute Gasteiger partial charge is 0.507 e. The lowest BCUT2D eigenvalue weighted by Gasteiger charge is -2.35. The van der Waals surface area contributed by atoms with Gasteiger partial charge in [0.2, 0.25) is 0 Å². The molecule has 0 spiro atoms. The summed E-state index contributed by atoms with van der Waals surface area (Å²) in [6, 6.07) is 7.57. The molecule has 2 heterocycles. The first kappa shape index (κ1) is 20.8. The molecule has 8 nitrogen and oxygen atoms in total. The van der Waals surface area contributed by atoms with E-state index < -0.39 is 6.10 Å². The Balaban J connectivity index is 1.78. The van der Waals surface area contributed by atoms with Crippen LogP contribution in [0, 0.1) is 0 Å². The van der Waals surface area contributed by atoms with Gasteiger partial charge in [0, 0.05) is 19.2 Å². The molecule has 2 atom stereocenters. The van der Waals surface area contributed by atoms with Gasteiger partial charge in [0.25, 0.3) is 5.91 Å². The number of rotatable bonds is 7. The topological polar surface area (TPSA) is 109 Å². The van der Waals surface area contributed by atoms with Gasteiger partial charge in [-0.25, -0.2) is 0 Å². The van der Waals surface area contributed by atoms with Crippen LogP contribution in [-0.2, 0) is 11.2 Å². The molecular formula is C21H24N2O6. The number of benzene rings is 1. The Labute approximate surface area is 168 Å². The number of aromatic hydroxyl groups is 1. The maximum Gasteiger partial charge on any atom is 0.256 e. The Bertz CT molecular complexity index is 870. The lowest BCUT2D eigenvalue weighted by Crippen LogP contribution is -2.51. The SMILES string of the molecule is CC(O)Cc1ncccc1C(=O)N1CCOC[C@H]1COc1cccc(O)c1C=O. The molecule has 1 unspecified atom stereocenters. The molecule has 1 fully saturated rings. The third-order valence-electron chi connectivity index (χ3n) is 4.69. The number of phenols is 1. The van der Waals surface area contributed by atoms with Crippen molar-refractivity contribution in [1.82, 2.24) is 9.88 Å². The Morgan fingerprint density at radius 2 is 2.24 bits per heavy atom. The summed E-state index contributed by atoms with van der Waals surface area (Å²) in [5.74, 6) is -0.130. The number of aliphatic hydroxyl groups is 1. The highest BCUT2D eigenvalue weighted by Gasteiger charge is 2.30. The number of hydrogen-bond acceptors (Lipinski definition) is 7. The molecule has 2 N–H and O–H groups in total. The van der Waals surface area contributed by atoms with Crippen molar-refractivity contribution in [2.24, 2.45) is 0 Å². The van der Waals surface area contributed by atoms with Gasteiger partial charge in [0.15, 0.2) is 6.29 Å². The maximum atomic E-state index is 13.2. The van der Waals surface area contributed by atoms with Crippen LogP contribution >= 0.6 is 0 Å². The van der Waals surface area contributed by atoms with E-state index in [0.717, 1.165) is 0 Å². The normalized spacial score (nSPS) is 17.6. The van der Waals surface area contributed by atoms with Gasteiger partial charge in [0.05, 0.1) is 42.2 Å². The molecule has 1 saturated heterocycles. The van der Waals surface area contributed by atoms with Crippen molar-refractivity contribution in [3.05, 3.63) is 53.3 Å². The number of morpholine rings is 1. The summed E-state index contributed by atoms with van der Waals surface area (Å²) in [4.78, 5) is 30.3. The zero-order valence-electron chi connectivity index (χ0n) is 16.2. The fourth-order valence-corrected chi connectivity index (χ4v) is 3.25. The average molecular weight is 400 g/mol. The molecule has 0 saturated carbocycles. The van der Waals surface area contributed by atoms with Gasteiger partial charge in [-0.05, 0) is 31.2 Å². The van der Waals surface area contributed by atoms with Crippen LogP contribution in [0.3, 0.4) is 0 Å². The highest BCUT2D eigenvalue weighted by molar-refractivity contribution is 5.95. The maximum absolute atomic E-state index is 13.2. The molecule has 8 heteroatoms. The van der Waals surface area contributed by atoms with Crippen molar-refractivity contribution in [3.8, 4) is 11.5 Å². The van der Waals surface area contributed by atoms with Crippen LogP contribution < -0.4 is 4.74 Å². The Morgan fingerprint density at radius 3 is 3.00 bits per heavy atom. The third kappa shape index (κ3) is 4.90. The van der Waals surface area contributed by atoms with E-state index >= 15 is 0 Å². The number of carbonyl (C=O) groups excluding carboxylic acids is 2. The summed E-state index contributed by atoms with van der Waals surface area (Å²) in [6.45, 7) is 2.82. The number of hydrogen-bond donors (Lipinski definition) is 2. The number of carbonyl (C=O) groups is 2. The summed E-state index contributed by atoms with van der Waals surface area (Å²) in [5.41, 5.74) is 1.04. The molecule has 0 aliphatic carbocycles. The van der Waals surface area contributed by atoms with E-state index in [1.807, 2.05) is 0 Å². The Morgan fingerprint density at radius 1 is 1.41 bits per heavy atom. The van der Waals surface area contributed by atoms with Gasteiger partial charge in [-0.3, -0.25) is 14.6 Å². The van der Waals surface area contributed by atoms with E-state index in [0.29, 0.717) is 30.7 Å². The summed E-state index contributed by atoms with van der Waals surface area (Å²) in [5, 5.41) is 19.5. The van der Waals surface area contributed by atoms with Crippen molar-refractivity contribution in [2.45, 2.75) is 25.5 Å². The molecule has 29 heavy (non-hydrogen) atoms. The van der Waals surface area contributed by atoms with Crippen molar-refractivity contribution in [2.75, 3.05) is 26.4 Å². The van der Waals surface area contributed by atoms with Crippen LogP contribution in [0.4, 0.5) is 0 Å². The van der Waals surface area contributed by atoms with E-state index in [2.05, 4.69) is 4.98 Å². The first-order valence-corrected chi connectivity index (χ1v) is 9.42. The highest BCUT2D eigenvalue weighted by atomic mass is 16.5. The number of pyridine rings is 1. The zero-order valence-corrected chi connectivity index (χ0v) is 16.2. The first-order valence-electron chi connectivity index (χ1n) is 9.42. The number of aldehydes is 1. The van der Waals surface area contributed by atoms with E-state index in [9.17, 15) is 19.8 Å². The number of amides is 1. The monoisotopic (exact) mass is 400 g/mol. The second-order valence-corrected chi connectivity index (χ2v) is 6.90. The molecule has 0 radical (unpaired) electrons. The second-order valence-electron chi connectivity index (χ2n) is 6.90. The molecule has 2 aromatic rings. The fraction of sp³-hybridized carbons (Fsp3) is 0.381. The predicted octanol–water partition coefficient (Wildman–Crippen LogP) is 1.44. The number of phenolic OH excluding ortho intramolecular Hbond substituents is 1. The van der Waals surface area contributed by atoms with Gasteiger partial charge in [-0.15, -0.1) is 0 Å². The highest BCUT2D eigenvalue weighted by Crippen LogP contribution is 2.26. The summed E-state index contributed by atoms with van der Waals surface area (Å²) in [6.07, 6.45) is 1.78. The first-order chi connectivity index (χ1) is 14.0. The Kier molecular flexibility index (Phi) is 6.79. The minimum absolute atomic E-state index is 0.0635. The molecule has 1 aliphatic rings. The summed E-state index contributed by atoms with van der Waals surface area (Å²) >= 11 is 0. The zero-order chi connectivity index (χ0) is 20.8. The molecule has 1 aromatic carbocycles.